The number of ether oxygens (including phenoxy) is 2. The van der Waals surface area contributed by atoms with Crippen LogP contribution in [0.2, 0.25) is 0 Å². The SMILES string of the molecule is COC(=O)c1ccc(N)c(-n2cc(OC)cn2)c1. The predicted molar refractivity (Wildman–Crippen MR) is 65.9 cm³/mol. The zero-order valence-electron chi connectivity index (χ0n) is 10.1. The highest BCUT2D eigenvalue weighted by Crippen LogP contribution is 2.21. The van der Waals surface area contributed by atoms with E-state index >= 15 is 0 Å². The van der Waals surface area contributed by atoms with E-state index in [2.05, 4.69) is 9.84 Å². The molecule has 2 aromatic rings. The second-order valence-corrected chi connectivity index (χ2v) is 3.59. The Kier molecular flexibility index (Phi) is 3.18. The van der Waals surface area contributed by atoms with Crippen molar-refractivity contribution in [3.63, 3.8) is 0 Å². The van der Waals surface area contributed by atoms with Crippen LogP contribution in [0.15, 0.2) is 30.6 Å². The molecule has 0 fully saturated rings. The lowest BCUT2D eigenvalue weighted by Crippen LogP contribution is -2.06. The number of nitrogens with zero attached hydrogens (tertiary/aromatic N) is 2. The van der Waals surface area contributed by atoms with Gasteiger partial charge in [-0.15, -0.1) is 0 Å². The number of esters is 1. The molecule has 0 amide bonds. The van der Waals surface area contributed by atoms with Crippen molar-refractivity contribution in [2.45, 2.75) is 0 Å². The number of anilines is 1. The standard InChI is InChI=1S/C12H13N3O3/c1-17-9-6-14-15(7-9)11-5-8(12(16)18-2)3-4-10(11)13/h3-7H,13H2,1-2H3. The lowest BCUT2D eigenvalue weighted by atomic mass is 10.2. The van der Waals surface area contributed by atoms with Crippen LogP contribution in [0.3, 0.4) is 0 Å². The molecule has 0 aliphatic rings. The minimum absolute atomic E-state index is 0.413. The molecular weight excluding hydrogens is 234 g/mol. The van der Waals surface area contributed by atoms with E-state index in [4.69, 9.17) is 10.5 Å². The fourth-order valence-electron chi connectivity index (χ4n) is 1.53. The lowest BCUT2D eigenvalue weighted by molar-refractivity contribution is 0.0600. The van der Waals surface area contributed by atoms with E-state index in [1.807, 2.05) is 0 Å². The zero-order valence-corrected chi connectivity index (χ0v) is 10.1. The van der Waals surface area contributed by atoms with Crippen LogP contribution >= 0.6 is 0 Å². The first kappa shape index (κ1) is 12.0. The summed E-state index contributed by atoms with van der Waals surface area (Å²) in [5.41, 5.74) is 7.38. The van der Waals surface area contributed by atoms with Crippen LogP contribution in [0.25, 0.3) is 5.69 Å². The van der Waals surface area contributed by atoms with Crippen LogP contribution in [0.5, 0.6) is 5.75 Å². The Morgan fingerprint density at radius 2 is 2.17 bits per heavy atom. The maximum atomic E-state index is 11.5. The summed E-state index contributed by atoms with van der Waals surface area (Å²) in [5.74, 6) is 0.188. The summed E-state index contributed by atoms with van der Waals surface area (Å²) in [4.78, 5) is 11.5. The molecule has 0 aliphatic carbocycles. The van der Waals surface area contributed by atoms with Gasteiger partial charge in [0.2, 0.25) is 0 Å². The van der Waals surface area contributed by atoms with Crippen molar-refractivity contribution in [2.24, 2.45) is 0 Å². The third-order valence-electron chi connectivity index (χ3n) is 2.49. The first-order valence-electron chi connectivity index (χ1n) is 5.22. The molecular formula is C12H13N3O3. The summed E-state index contributed by atoms with van der Waals surface area (Å²) in [6.45, 7) is 0. The van der Waals surface area contributed by atoms with Gasteiger partial charge in [-0.05, 0) is 18.2 Å². The van der Waals surface area contributed by atoms with E-state index < -0.39 is 5.97 Å². The summed E-state index contributed by atoms with van der Waals surface area (Å²) < 4.78 is 11.2. The molecule has 2 N–H and O–H groups in total. The van der Waals surface area contributed by atoms with Gasteiger partial charge in [0.25, 0.3) is 0 Å². The molecule has 1 aromatic heterocycles. The molecule has 0 atom stereocenters. The Bertz CT molecular complexity index is 578. The van der Waals surface area contributed by atoms with Crippen molar-refractivity contribution >= 4 is 11.7 Å². The Labute approximate surface area is 104 Å². The summed E-state index contributed by atoms with van der Waals surface area (Å²) in [6, 6.07) is 4.86. The second-order valence-electron chi connectivity index (χ2n) is 3.59. The highest BCUT2D eigenvalue weighted by atomic mass is 16.5. The van der Waals surface area contributed by atoms with E-state index in [0.29, 0.717) is 22.7 Å². The number of aromatic nitrogens is 2. The number of methoxy groups -OCH3 is 2. The smallest absolute Gasteiger partial charge is 0.337 e. The van der Waals surface area contributed by atoms with Gasteiger partial charge in [0.15, 0.2) is 5.75 Å². The maximum absolute atomic E-state index is 11.5. The van der Waals surface area contributed by atoms with Crippen LogP contribution in [-0.2, 0) is 4.74 Å². The highest BCUT2D eigenvalue weighted by molar-refractivity contribution is 5.91. The van der Waals surface area contributed by atoms with Gasteiger partial charge in [-0.25, -0.2) is 9.48 Å². The average molecular weight is 247 g/mol. The second kappa shape index (κ2) is 4.79. The lowest BCUT2D eigenvalue weighted by Gasteiger charge is -2.07. The molecule has 0 saturated carbocycles. The van der Waals surface area contributed by atoms with Crippen molar-refractivity contribution in [1.82, 2.24) is 9.78 Å². The van der Waals surface area contributed by atoms with Crippen LogP contribution in [0.4, 0.5) is 5.69 Å². The van der Waals surface area contributed by atoms with E-state index in [1.54, 1.807) is 42.4 Å². The van der Waals surface area contributed by atoms with Crippen LogP contribution in [0, 0.1) is 0 Å². The number of hydrogen-bond donors (Lipinski definition) is 1. The molecule has 0 aliphatic heterocycles. The molecule has 0 bridgehead atoms. The van der Waals surface area contributed by atoms with Crippen molar-refractivity contribution in [1.29, 1.82) is 0 Å². The molecule has 6 nitrogen and oxygen atoms in total. The molecule has 1 aromatic carbocycles. The van der Waals surface area contributed by atoms with Crippen LogP contribution < -0.4 is 10.5 Å². The Morgan fingerprint density at radius 3 is 2.78 bits per heavy atom. The quantitative estimate of drug-likeness (QED) is 0.652. The first-order valence-corrected chi connectivity index (χ1v) is 5.22. The number of nitrogen functional groups attached to an aromatic ring is 1. The van der Waals surface area contributed by atoms with Gasteiger partial charge in [-0.1, -0.05) is 0 Å². The van der Waals surface area contributed by atoms with Gasteiger partial charge in [0.1, 0.15) is 0 Å². The van der Waals surface area contributed by atoms with Crippen molar-refractivity contribution in [2.75, 3.05) is 20.0 Å². The monoisotopic (exact) mass is 247 g/mol. The normalized spacial score (nSPS) is 10.1. The first-order chi connectivity index (χ1) is 8.65. The van der Waals surface area contributed by atoms with Gasteiger partial charge in [-0.3, -0.25) is 0 Å². The van der Waals surface area contributed by atoms with E-state index in [1.165, 1.54) is 7.11 Å². The number of benzene rings is 1. The zero-order chi connectivity index (χ0) is 13.1. The molecule has 1 heterocycles. The predicted octanol–water partition coefficient (Wildman–Crippen LogP) is 1.25. The van der Waals surface area contributed by atoms with Crippen molar-refractivity contribution in [3.8, 4) is 11.4 Å². The Hall–Kier alpha value is -2.50. The average Bonchev–Trinajstić information content (AvgIpc) is 2.87. The number of hydrogen-bond acceptors (Lipinski definition) is 5. The van der Waals surface area contributed by atoms with Gasteiger partial charge < -0.3 is 15.2 Å². The number of nitrogens with two attached hydrogens (primary N) is 1. The number of carbonyl (C=O) groups excluding carboxylic acids is 1. The number of rotatable bonds is 3. The highest BCUT2D eigenvalue weighted by Gasteiger charge is 2.10. The van der Waals surface area contributed by atoms with E-state index in [0.717, 1.165) is 0 Å². The molecule has 6 heteroatoms. The molecule has 0 radical (unpaired) electrons. The maximum Gasteiger partial charge on any atom is 0.337 e. The summed E-state index contributed by atoms with van der Waals surface area (Å²) >= 11 is 0. The Morgan fingerprint density at radius 1 is 1.39 bits per heavy atom. The minimum Gasteiger partial charge on any atom is -0.493 e. The topological polar surface area (TPSA) is 79.4 Å². The van der Waals surface area contributed by atoms with Gasteiger partial charge >= 0.3 is 5.97 Å². The summed E-state index contributed by atoms with van der Waals surface area (Å²) in [5, 5.41) is 4.10. The fraction of sp³-hybridized carbons (Fsp3) is 0.167. The van der Waals surface area contributed by atoms with Crippen molar-refractivity contribution in [3.05, 3.63) is 36.2 Å². The molecule has 18 heavy (non-hydrogen) atoms. The summed E-state index contributed by atoms with van der Waals surface area (Å²) in [6.07, 6.45) is 3.23. The van der Waals surface area contributed by atoms with Gasteiger partial charge in [-0.2, -0.15) is 5.10 Å². The van der Waals surface area contributed by atoms with E-state index in [9.17, 15) is 4.79 Å². The third kappa shape index (κ3) is 2.13. The molecule has 0 saturated heterocycles. The summed E-state index contributed by atoms with van der Waals surface area (Å²) in [7, 11) is 2.88. The van der Waals surface area contributed by atoms with Crippen LogP contribution in [-0.4, -0.2) is 30.0 Å². The number of carbonyl (C=O) groups is 1. The largest absolute Gasteiger partial charge is 0.493 e. The van der Waals surface area contributed by atoms with Gasteiger partial charge in [0, 0.05) is 0 Å². The molecule has 0 spiro atoms. The van der Waals surface area contributed by atoms with E-state index in [-0.39, 0.29) is 0 Å². The van der Waals surface area contributed by atoms with Crippen LogP contribution in [0.1, 0.15) is 10.4 Å². The molecule has 94 valence electrons. The minimum atomic E-state index is -0.421. The Balaban J connectivity index is 2.45. The third-order valence-corrected chi connectivity index (χ3v) is 2.49. The fourth-order valence-corrected chi connectivity index (χ4v) is 1.53. The van der Waals surface area contributed by atoms with Crippen molar-refractivity contribution < 1.29 is 14.3 Å². The molecule has 2 rings (SSSR count). The van der Waals surface area contributed by atoms with Gasteiger partial charge in [0.05, 0.1) is 43.6 Å². The molecule has 0 unspecified atom stereocenters.